The van der Waals surface area contributed by atoms with Crippen molar-refractivity contribution in [2.45, 2.75) is 0 Å². The largest absolute Gasteiger partial charge is 0.323 e. The third kappa shape index (κ3) is 1.34. The fraction of sp³-hybridized carbons (Fsp3) is 0. The topological polar surface area (TPSA) is 43.8 Å². The van der Waals surface area contributed by atoms with E-state index in [0.717, 1.165) is 10.9 Å². The van der Waals surface area contributed by atoms with Crippen LogP contribution in [-0.2, 0) is 0 Å². The summed E-state index contributed by atoms with van der Waals surface area (Å²) in [5.74, 6) is 5.67. The smallest absolute Gasteiger partial charge is 0.0916 e. The Kier molecular flexibility index (Phi) is 1.90. The van der Waals surface area contributed by atoms with Crippen molar-refractivity contribution in [2.24, 2.45) is 0 Å². The monoisotopic (exact) mass is 209 g/mol. The van der Waals surface area contributed by atoms with Crippen LogP contribution in [0.4, 0.5) is 0 Å². The van der Waals surface area contributed by atoms with Crippen molar-refractivity contribution >= 4 is 10.9 Å². The minimum absolute atomic E-state index is 0.944. The number of rotatable bonds is 1. The lowest BCUT2D eigenvalue weighted by molar-refractivity contribution is 0.863. The van der Waals surface area contributed by atoms with Crippen molar-refractivity contribution in [2.75, 3.05) is 5.84 Å². The predicted molar refractivity (Wildman–Crippen MR) is 65.3 cm³/mol. The molecule has 0 unspecified atom stereocenters. The first-order valence-corrected chi connectivity index (χ1v) is 5.13. The van der Waals surface area contributed by atoms with E-state index in [2.05, 4.69) is 29.4 Å². The second-order valence-corrected chi connectivity index (χ2v) is 3.73. The van der Waals surface area contributed by atoms with Crippen molar-refractivity contribution in [3.63, 3.8) is 0 Å². The number of hydrogen-bond donors (Lipinski definition) is 1. The van der Waals surface area contributed by atoms with Gasteiger partial charge in [0.25, 0.3) is 0 Å². The fourth-order valence-corrected chi connectivity index (χ4v) is 1.86. The molecule has 3 aromatic rings. The van der Waals surface area contributed by atoms with Gasteiger partial charge in [-0.25, -0.2) is 0 Å². The molecule has 16 heavy (non-hydrogen) atoms. The number of nitrogens with two attached hydrogens (primary N) is 1. The zero-order valence-corrected chi connectivity index (χ0v) is 8.67. The van der Waals surface area contributed by atoms with Crippen LogP contribution in [0.25, 0.3) is 22.0 Å². The second-order valence-electron chi connectivity index (χ2n) is 3.73. The van der Waals surface area contributed by atoms with Gasteiger partial charge in [0.1, 0.15) is 0 Å². The molecule has 0 aliphatic carbocycles. The van der Waals surface area contributed by atoms with Gasteiger partial charge in [-0.1, -0.05) is 36.4 Å². The summed E-state index contributed by atoms with van der Waals surface area (Å²) < 4.78 is 0. The number of benzene rings is 2. The Morgan fingerprint density at radius 3 is 2.56 bits per heavy atom. The molecule has 0 saturated carbocycles. The van der Waals surface area contributed by atoms with Gasteiger partial charge in [0.15, 0.2) is 0 Å². The van der Waals surface area contributed by atoms with Gasteiger partial charge in [0.05, 0.1) is 11.7 Å². The summed E-state index contributed by atoms with van der Waals surface area (Å²) in [4.78, 5) is 1.39. The van der Waals surface area contributed by atoms with Crippen molar-refractivity contribution in [3.8, 4) is 11.1 Å². The van der Waals surface area contributed by atoms with Gasteiger partial charge in [-0.15, -0.1) is 0 Å². The van der Waals surface area contributed by atoms with E-state index in [4.69, 9.17) is 5.84 Å². The molecule has 3 nitrogen and oxygen atoms in total. The maximum Gasteiger partial charge on any atom is 0.0916 e. The minimum atomic E-state index is 0.944. The van der Waals surface area contributed by atoms with Gasteiger partial charge in [-0.3, -0.25) is 0 Å². The summed E-state index contributed by atoms with van der Waals surface area (Å²) in [6, 6.07) is 16.4. The van der Waals surface area contributed by atoms with Gasteiger partial charge >= 0.3 is 0 Å². The highest BCUT2D eigenvalue weighted by molar-refractivity contribution is 5.84. The molecule has 1 heterocycles. The van der Waals surface area contributed by atoms with E-state index >= 15 is 0 Å². The van der Waals surface area contributed by atoms with E-state index in [1.165, 1.54) is 15.9 Å². The Hall–Kier alpha value is -2.29. The van der Waals surface area contributed by atoms with Crippen LogP contribution in [0.1, 0.15) is 0 Å². The Morgan fingerprint density at radius 2 is 1.75 bits per heavy atom. The molecule has 0 aliphatic rings. The molecule has 1 aromatic heterocycles. The molecular weight excluding hydrogens is 198 g/mol. The molecule has 3 heteroatoms. The highest BCUT2D eigenvalue weighted by Crippen LogP contribution is 2.23. The van der Waals surface area contributed by atoms with Gasteiger partial charge in [-0.2, -0.15) is 9.89 Å². The lowest BCUT2D eigenvalue weighted by Crippen LogP contribution is -2.08. The molecule has 0 spiro atoms. The van der Waals surface area contributed by atoms with E-state index in [0.29, 0.717) is 0 Å². The first-order valence-electron chi connectivity index (χ1n) is 5.13. The normalized spacial score (nSPS) is 10.8. The van der Waals surface area contributed by atoms with Crippen LogP contribution in [0, 0.1) is 0 Å². The molecule has 0 bridgehead atoms. The van der Waals surface area contributed by atoms with Crippen LogP contribution in [0.15, 0.2) is 54.7 Å². The van der Waals surface area contributed by atoms with Crippen molar-refractivity contribution in [1.29, 1.82) is 0 Å². The Labute approximate surface area is 93.1 Å². The lowest BCUT2D eigenvalue weighted by atomic mass is 10.0. The quantitative estimate of drug-likeness (QED) is 0.625. The summed E-state index contributed by atoms with van der Waals surface area (Å²) in [6.07, 6.45) is 1.78. The highest BCUT2D eigenvalue weighted by Gasteiger charge is 2.02. The number of fused-ring (bicyclic) bond motifs is 1. The molecule has 2 N–H and O–H groups in total. The van der Waals surface area contributed by atoms with Crippen LogP contribution in [-0.4, -0.2) is 9.89 Å². The maximum absolute atomic E-state index is 5.67. The second kappa shape index (κ2) is 3.38. The number of nitrogen functional groups attached to an aromatic ring is 1. The summed E-state index contributed by atoms with van der Waals surface area (Å²) in [5.41, 5.74) is 3.33. The minimum Gasteiger partial charge on any atom is -0.323 e. The summed E-state index contributed by atoms with van der Waals surface area (Å²) in [6.45, 7) is 0. The molecule has 0 saturated heterocycles. The molecule has 0 radical (unpaired) electrons. The average Bonchev–Trinajstić information content (AvgIpc) is 2.72. The molecular formula is C13H11N3. The number of aromatic nitrogens is 2. The van der Waals surface area contributed by atoms with Gasteiger partial charge in [-0.05, 0) is 23.3 Å². The third-order valence-electron chi connectivity index (χ3n) is 2.70. The summed E-state index contributed by atoms with van der Waals surface area (Å²) >= 11 is 0. The molecule has 3 rings (SSSR count). The predicted octanol–water partition coefficient (Wildman–Crippen LogP) is 2.42. The van der Waals surface area contributed by atoms with Crippen molar-refractivity contribution < 1.29 is 0 Å². The first-order chi connectivity index (χ1) is 7.84. The molecule has 0 fully saturated rings. The molecule has 0 atom stereocenters. The summed E-state index contributed by atoms with van der Waals surface area (Å²) in [5, 5.41) is 5.08. The van der Waals surface area contributed by atoms with Crippen LogP contribution in [0.2, 0.25) is 0 Å². The zero-order valence-electron chi connectivity index (χ0n) is 8.67. The number of hydrogen-bond acceptors (Lipinski definition) is 2. The molecule has 0 aliphatic heterocycles. The number of nitrogens with zero attached hydrogens (tertiary/aromatic N) is 2. The van der Waals surface area contributed by atoms with Crippen LogP contribution >= 0.6 is 0 Å². The molecule has 0 amide bonds. The lowest BCUT2D eigenvalue weighted by Gasteiger charge is -2.01. The highest BCUT2D eigenvalue weighted by atomic mass is 15.5. The average molecular weight is 209 g/mol. The Balaban J connectivity index is 2.19. The molecule has 78 valence electrons. The van der Waals surface area contributed by atoms with E-state index in [1.807, 2.05) is 24.3 Å². The van der Waals surface area contributed by atoms with E-state index < -0.39 is 0 Å². The first kappa shape index (κ1) is 8.97. The van der Waals surface area contributed by atoms with Crippen molar-refractivity contribution in [1.82, 2.24) is 9.89 Å². The third-order valence-corrected chi connectivity index (χ3v) is 2.70. The van der Waals surface area contributed by atoms with Crippen LogP contribution < -0.4 is 5.84 Å². The van der Waals surface area contributed by atoms with Crippen LogP contribution in [0.5, 0.6) is 0 Å². The standard InChI is InChI=1S/C13H11N3/c14-16-13-7-6-11(8-12(13)9-15-16)10-4-2-1-3-5-10/h1-9H,14H2. The summed E-state index contributed by atoms with van der Waals surface area (Å²) in [7, 11) is 0. The van der Waals surface area contributed by atoms with E-state index in [1.54, 1.807) is 6.20 Å². The zero-order chi connectivity index (χ0) is 11.0. The van der Waals surface area contributed by atoms with Gasteiger partial charge in [0.2, 0.25) is 0 Å². The van der Waals surface area contributed by atoms with E-state index in [-0.39, 0.29) is 0 Å². The Morgan fingerprint density at radius 1 is 0.938 bits per heavy atom. The van der Waals surface area contributed by atoms with E-state index in [9.17, 15) is 0 Å². The SMILES string of the molecule is Nn1ncc2cc(-c3ccccc3)ccc21. The Bertz CT molecular complexity index is 626. The molecule has 2 aromatic carbocycles. The van der Waals surface area contributed by atoms with Gasteiger partial charge < -0.3 is 5.84 Å². The van der Waals surface area contributed by atoms with Crippen molar-refractivity contribution in [3.05, 3.63) is 54.7 Å². The fourth-order valence-electron chi connectivity index (χ4n) is 1.86. The van der Waals surface area contributed by atoms with Crippen LogP contribution in [0.3, 0.4) is 0 Å². The van der Waals surface area contributed by atoms with Gasteiger partial charge in [0, 0.05) is 5.39 Å². The maximum atomic E-state index is 5.67.